The van der Waals surface area contributed by atoms with E-state index in [4.69, 9.17) is 0 Å². The van der Waals surface area contributed by atoms with Gasteiger partial charge in [0.15, 0.2) is 0 Å². The summed E-state index contributed by atoms with van der Waals surface area (Å²) < 4.78 is 1.39. The Morgan fingerprint density at radius 2 is 2.13 bits per heavy atom. The van der Waals surface area contributed by atoms with Gasteiger partial charge in [0.05, 0.1) is 0 Å². The first-order valence-corrected chi connectivity index (χ1v) is 7.25. The van der Waals surface area contributed by atoms with Crippen molar-refractivity contribution in [1.29, 1.82) is 0 Å². The van der Waals surface area contributed by atoms with Gasteiger partial charge in [-0.15, -0.1) is 0 Å². The minimum atomic E-state index is -0.589. The van der Waals surface area contributed by atoms with Gasteiger partial charge in [0.1, 0.15) is 12.7 Å². The Kier molecular flexibility index (Phi) is 5.67. The first-order valence-electron chi connectivity index (χ1n) is 7.25. The van der Waals surface area contributed by atoms with Gasteiger partial charge in [0.25, 0.3) is 0 Å². The Labute approximate surface area is 133 Å². The van der Waals surface area contributed by atoms with Crippen molar-refractivity contribution in [2.24, 2.45) is 0 Å². The largest absolute Gasteiger partial charge is 0.381 e. The summed E-state index contributed by atoms with van der Waals surface area (Å²) >= 11 is 0. The van der Waals surface area contributed by atoms with E-state index < -0.39 is 4.92 Å². The third-order valence-electron chi connectivity index (χ3n) is 3.32. The van der Waals surface area contributed by atoms with Gasteiger partial charge in [-0.25, -0.2) is 0 Å². The van der Waals surface area contributed by atoms with Crippen LogP contribution in [-0.4, -0.2) is 40.5 Å². The summed E-state index contributed by atoms with van der Waals surface area (Å²) in [6.45, 7) is 1.39. The zero-order valence-electron chi connectivity index (χ0n) is 12.9. The Bertz CT molecular complexity index is 656. The van der Waals surface area contributed by atoms with Gasteiger partial charge in [0.2, 0.25) is 12.2 Å². The van der Waals surface area contributed by atoms with Crippen molar-refractivity contribution >= 4 is 17.4 Å². The lowest BCUT2D eigenvalue weighted by Crippen LogP contribution is -2.30. The van der Waals surface area contributed by atoms with Crippen LogP contribution >= 0.6 is 0 Å². The second-order valence-corrected chi connectivity index (χ2v) is 5.12. The number of benzene rings is 1. The lowest BCUT2D eigenvalue weighted by Gasteiger charge is -2.19. The average Bonchev–Trinajstić information content (AvgIpc) is 3.01. The molecule has 1 amide bonds. The van der Waals surface area contributed by atoms with Crippen molar-refractivity contribution in [2.75, 3.05) is 25.0 Å². The van der Waals surface area contributed by atoms with Gasteiger partial charge in [-0.3, -0.25) is 4.79 Å². The van der Waals surface area contributed by atoms with E-state index in [2.05, 4.69) is 15.2 Å². The molecule has 2 rings (SSSR count). The molecule has 0 aliphatic heterocycles. The van der Waals surface area contributed by atoms with Gasteiger partial charge in [-0.05, 0) is 28.5 Å². The minimum Gasteiger partial charge on any atom is -0.375 e. The summed E-state index contributed by atoms with van der Waals surface area (Å²) in [5.41, 5.74) is 1.13. The van der Waals surface area contributed by atoms with Crippen molar-refractivity contribution in [3.05, 3.63) is 53.0 Å². The number of nitrogens with zero attached hydrogens (tertiary/aromatic N) is 4. The number of rotatable bonds is 8. The molecule has 0 aliphatic rings. The van der Waals surface area contributed by atoms with Crippen LogP contribution in [0.15, 0.2) is 42.9 Å². The molecule has 0 spiro atoms. The van der Waals surface area contributed by atoms with E-state index in [-0.39, 0.29) is 18.3 Å². The second kappa shape index (κ2) is 7.92. The summed E-state index contributed by atoms with van der Waals surface area (Å²) in [6.07, 6.45) is 3.32. The molecule has 0 saturated heterocycles. The molecule has 1 N–H and O–H groups in total. The molecule has 0 bridgehead atoms. The predicted molar refractivity (Wildman–Crippen MR) is 86.2 cm³/mol. The molecule has 0 fully saturated rings. The molecule has 23 heavy (non-hydrogen) atoms. The number of nitrogens with one attached hydrogen (secondary N) is 1. The number of hydrogen-bond donors (Lipinski definition) is 1. The monoisotopic (exact) mass is 317 g/mol. The van der Waals surface area contributed by atoms with Crippen LogP contribution in [0, 0.1) is 10.1 Å². The van der Waals surface area contributed by atoms with E-state index in [1.54, 1.807) is 0 Å². The molecule has 1 aromatic heterocycles. The average molecular weight is 317 g/mol. The number of para-hydroxylation sites is 1. The fourth-order valence-electron chi connectivity index (χ4n) is 2.11. The van der Waals surface area contributed by atoms with Gasteiger partial charge < -0.3 is 24.9 Å². The van der Waals surface area contributed by atoms with Crippen LogP contribution in [0.5, 0.6) is 0 Å². The number of carbonyl (C=O) groups excluding carboxylic acids is 1. The highest BCUT2D eigenvalue weighted by Gasteiger charge is 2.11. The number of carbonyl (C=O) groups is 1. The Hall–Kier alpha value is -2.90. The summed E-state index contributed by atoms with van der Waals surface area (Å²) in [5, 5.41) is 13.3. The Balaban J connectivity index is 1.67. The first kappa shape index (κ1) is 16.5. The van der Waals surface area contributed by atoms with Gasteiger partial charge in [-0.2, -0.15) is 0 Å². The number of imidazole rings is 1. The molecule has 1 aromatic carbocycles. The van der Waals surface area contributed by atoms with E-state index in [1.165, 1.54) is 17.1 Å². The molecule has 0 radical (unpaired) electrons. The standard InChI is InChI=1S/C15H19N5O3/c1-18(13-6-3-2-4-7-13)9-5-8-16-15(21)11-19-10-14(17-12-19)20(22)23/h2-4,6-7,10,12H,5,8-9,11H2,1H3,(H,16,21). The van der Waals surface area contributed by atoms with Crippen LogP contribution in [0.25, 0.3) is 0 Å². The highest BCUT2D eigenvalue weighted by atomic mass is 16.6. The second-order valence-electron chi connectivity index (χ2n) is 5.12. The van der Waals surface area contributed by atoms with Crippen LogP contribution in [-0.2, 0) is 11.3 Å². The third-order valence-corrected chi connectivity index (χ3v) is 3.32. The Morgan fingerprint density at radius 1 is 1.39 bits per heavy atom. The SMILES string of the molecule is CN(CCCNC(=O)Cn1cnc([N+](=O)[O-])c1)c1ccccc1. The highest BCUT2D eigenvalue weighted by molar-refractivity contribution is 5.75. The van der Waals surface area contributed by atoms with E-state index >= 15 is 0 Å². The normalized spacial score (nSPS) is 10.3. The predicted octanol–water partition coefficient (Wildman–Crippen LogP) is 1.43. The van der Waals surface area contributed by atoms with Crippen molar-refractivity contribution in [1.82, 2.24) is 14.9 Å². The van der Waals surface area contributed by atoms with E-state index in [9.17, 15) is 14.9 Å². The van der Waals surface area contributed by atoms with Crippen LogP contribution in [0.3, 0.4) is 0 Å². The van der Waals surface area contributed by atoms with E-state index in [0.29, 0.717) is 6.54 Å². The molecule has 0 aliphatic carbocycles. The number of amides is 1. The van der Waals surface area contributed by atoms with Crippen molar-refractivity contribution in [2.45, 2.75) is 13.0 Å². The molecule has 122 valence electrons. The van der Waals surface area contributed by atoms with Crippen molar-refractivity contribution in [3.63, 3.8) is 0 Å². The maximum absolute atomic E-state index is 11.8. The van der Waals surface area contributed by atoms with E-state index in [0.717, 1.165) is 18.7 Å². The molecule has 1 heterocycles. The van der Waals surface area contributed by atoms with Crippen LogP contribution < -0.4 is 10.2 Å². The summed E-state index contributed by atoms with van der Waals surface area (Å²) in [7, 11) is 2.00. The maximum atomic E-state index is 11.8. The molecule has 0 atom stereocenters. The number of anilines is 1. The quantitative estimate of drug-likeness (QED) is 0.452. The maximum Gasteiger partial charge on any atom is 0.381 e. The molecule has 0 unspecified atom stereocenters. The zero-order valence-corrected chi connectivity index (χ0v) is 12.9. The van der Waals surface area contributed by atoms with Crippen LogP contribution in [0.1, 0.15) is 6.42 Å². The molecule has 0 saturated carbocycles. The number of hydrogen-bond acceptors (Lipinski definition) is 5. The molecule has 2 aromatic rings. The van der Waals surface area contributed by atoms with Gasteiger partial charge >= 0.3 is 5.82 Å². The van der Waals surface area contributed by atoms with Crippen LogP contribution in [0.2, 0.25) is 0 Å². The number of aromatic nitrogens is 2. The fourth-order valence-corrected chi connectivity index (χ4v) is 2.11. The van der Waals surface area contributed by atoms with Crippen molar-refractivity contribution < 1.29 is 9.72 Å². The Morgan fingerprint density at radius 3 is 2.78 bits per heavy atom. The van der Waals surface area contributed by atoms with Crippen molar-refractivity contribution in [3.8, 4) is 0 Å². The lowest BCUT2D eigenvalue weighted by molar-refractivity contribution is -0.389. The summed E-state index contributed by atoms with van der Waals surface area (Å²) in [5.74, 6) is -0.457. The highest BCUT2D eigenvalue weighted by Crippen LogP contribution is 2.10. The molecular weight excluding hydrogens is 298 g/mol. The molecule has 8 nitrogen and oxygen atoms in total. The first-order chi connectivity index (χ1) is 11.1. The smallest absolute Gasteiger partial charge is 0.375 e. The molecular formula is C15H19N5O3. The number of nitro groups is 1. The fraction of sp³-hybridized carbons (Fsp3) is 0.333. The summed E-state index contributed by atoms with van der Waals surface area (Å²) in [6, 6.07) is 10.0. The summed E-state index contributed by atoms with van der Waals surface area (Å²) in [4.78, 5) is 27.4. The minimum absolute atomic E-state index is 0.0232. The topological polar surface area (TPSA) is 93.3 Å². The lowest BCUT2D eigenvalue weighted by atomic mass is 10.3. The third kappa shape index (κ3) is 5.10. The zero-order chi connectivity index (χ0) is 16.7. The van der Waals surface area contributed by atoms with Gasteiger partial charge in [-0.1, -0.05) is 18.2 Å². The molecule has 8 heteroatoms. The van der Waals surface area contributed by atoms with Crippen LogP contribution in [0.4, 0.5) is 11.5 Å². The van der Waals surface area contributed by atoms with Gasteiger partial charge in [0, 0.05) is 25.8 Å². The van der Waals surface area contributed by atoms with E-state index in [1.807, 2.05) is 37.4 Å².